The Kier molecular flexibility index (Phi) is 3.93. The quantitative estimate of drug-likeness (QED) is 0.898. The highest BCUT2D eigenvalue weighted by molar-refractivity contribution is 7.91. The van der Waals surface area contributed by atoms with Crippen molar-refractivity contribution in [2.24, 2.45) is 11.8 Å². The summed E-state index contributed by atoms with van der Waals surface area (Å²) < 4.78 is 26.2. The van der Waals surface area contributed by atoms with Gasteiger partial charge in [0.05, 0.1) is 17.1 Å². The van der Waals surface area contributed by atoms with Gasteiger partial charge in [-0.05, 0) is 12.3 Å². The maximum absolute atomic E-state index is 12.4. The molecule has 8 heteroatoms. The van der Waals surface area contributed by atoms with Crippen LogP contribution in [0.3, 0.4) is 0 Å². The van der Waals surface area contributed by atoms with Gasteiger partial charge in [-0.1, -0.05) is 13.8 Å². The predicted octanol–water partition coefficient (Wildman–Crippen LogP) is 1.05. The smallest absolute Gasteiger partial charge is 0.308 e. The molecule has 0 unspecified atom stereocenters. The lowest BCUT2D eigenvalue weighted by Crippen LogP contribution is -2.29. The summed E-state index contributed by atoms with van der Waals surface area (Å²) in [6, 6.07) is 0. The lowest BCUT2D eigenvalue weighted by atomic mass is 9.99. The van der Waals surface area contributed by atoms with Crippen molar-refractivity contribution in [3.05, 3.63) is 11.2 Å². The van der Waals surface area contributed by atoms with Gasteiger partial charge in [0.15, 0.2) is 4.21 Å². The molecule has 106 valence electrons. The summed E-state index contributed by atoms with van der Waals surface area (Å²) in [5, 5.41) is 9.81. The number of hydrogen-bond donors (Lipinski definition) is 1. The summed E-state index contributed by atoms with van der Waals surface area (Å²) in [5.41, 5.74) is 0. The molecule has 1 aliphatic rings. The molecule has 0 spiro atoms. The largest absolute Gasteiger partial charge is 0.481 e. The van der Waals surface area contributed by atoms with E-state index in [9.17, 15) is 13.2 Å². The third-order valence-corrected chi connectivity index (χ3v) is 6.74. The number of thiazole rings is 1. The number of carboxylic acid groups (broad SMARTS) is 1. The van der Waals surface area contributed by atoms with Gasteiger partial charge in [0.1, 0.15) is 0 Å². The molecule has 1 aliphatic heterocycles. The van der Waals surface area contributed by atoms with E-state index in [1.807, 2.05) is 6.92 Å². The van der Waals surface area contributed by atoms with Crippen LogP contribution in [0.15, 0.2) is 10.4 Å². The third-order valence-electron chi connectivity index (χ3n) is 3.32. The molecule has 0 saturated carbocycles. The van der Waals surface area contributed by atoms with Crippen LogP contribution < -0.4 is 0 Å². The fourth-order valence-electron chi connectivity index (χ4n) is 2.14. The van der Waals surface area contributed by atoms with Gasteiger partial charge in [-0.25, -0.2) is 13.4 Å². The molecular formula is C11H16N2O4S2. The van der Waals surface area contributed by atoms with Crippen LogP contribution in [0.25, 0.3) is 0 Å². The van der Waals surface area contributed by atoms with E-state index < -0.39 is 21.9 Å². The average molecular weight is 304 g/mol. The molecule has 0 amide bonds. The Morgan fingerprint density at radius 2 is 2.26 bits per heavy atom. The Hall–Kier alpha value is -0.990. The number of nitrogens with zero attached hydrogens (tertiary/aromatic N) is 2. The molecule has 1 saturated heterocycles. The van der Waals surface area contributed by atoms with Crippen molar-refractivity contribution in [2.45, 2.75) is 24.5 Å². The molecular weight excluding hydrogens is 288 g/mol. The van der Waals surface area contributed by atoms with Crippen molar-refractivity contribution in [2.75, 3.05) is 13.1 Å². The van der Waals surface area contributed by atoms with Gasteiger partial charge in [-0.3, -0.25) is 4.79 Å². The molecule has 0 aliphatic carbocycles. The number of aryl methyl sites for hydroxylation is 1. The van der Waals surface area contributed by atoms with E-state index in [1.165, 1.54) is 10.5 Å². The molecule has 1 N–H and O–H groups in total. The molecule has 0 aromatic carbocycles. The maximum Gasteiger partial charge on any atom is 0.308 e. The van der Waals surface area contributed by atoms with E-state index in [1.54, 1.807) is 6.92 Å². The van der Waals surface area contributed by atoms with Crippen molar-refractivity contribution in [1.82, 2.24) is 9.29 Å². The minimum Gasteiger partial charge on any atom is -0.481 e. The highest BCUT2D eigenvalue weighted by atomic mass is 32.2. The maximum atomic E-state index is 12.4. The van der Waals surface area contributed by atoms with Gasteiger partial charge < -0.3 is 5.11 Å². The Balaban J connectivity index is 2.24. The fraction of sp³-hybridized carbons (Fsp3) is 0.636. The van der Waals surface area contributed by atoms with Crippen molar-refractivity contribution >= 4 is 27.3 Å². The number of aliphatic carboxylic acids is 1. The molecule has 19 heavy (non-hydrogen) atoms. The van der Waals surface area contributed by atoms with Crippen LogP contribution >= 0.6 is 11.3 Å². The zero-order valence-corrected chi connectivity index (χ0v) is 12.4. The van der Waals surface area contributed by atoms with Gasteiger partial charge in [-0.15, -0.1) is 11.3 Å². The number of sulfonamides is 1. The van der Waals surface area contributed by atoms with Crippen LogP contribution in [-0.2, 0) is 21.2 Å². The summed E-state index contributed by atoms with van der Waals surface area (Å²) in [7, 11) is -3.60. The first kappa shape index (κ1) is 14.4. The monoisotopic (exact) mass is 304 g/mol. The lowest BCUT2D eigenvalue weighted by molar-refractivity contribution is -0.142. The van der Waals surface area contributed by atoms with Crippen LogP contribution in [0.2, 0.25) is 0 Å². The number of hydrogen-bond acceptors (Lipinski definition) is 5. The molecule has 1 fully saturated rings. The van der Waals surface area contributed by atoms with E-state index in [-0.39, 0.29) is 23.2 Å². The normalized spacial score (nSPS) is 24.7. The van der Waals surface area contributed by atoms with E-state index in [0.717, 1.165) is 16.3 Å². The zero-order chi connectivity index (χ0) is 14.2. The number of carbonyl (C=O) groups is 1. The Labute approximate surface area is 116 Å². The van der Waals surface area contributed by atoms with Gasteiger partial charge in [0.25, 0.3) is 10.0 Å². The molecule has 2 heterocycles. The first-order chi connectivity index (χ1) is 8.86. The lowest BCUT2D eigenvalue weighted by Gasteiger charge is -2.13. The second kappa shape index (κ2) is 5.18. The molecule has 2 rings (SSSR count). The Morgan fingerprint density at radius 1 is 1.58 bits per heavy atom. The van der Waals surface area contributed by atoms with E-state index in [4.69, 9.17) is 5.11 Å². The zero-order valence-electron chi connectivity index (χ0n) is 10.7. The molecule has 6 nitrogen and oxygen atoms in total. The van der Waals surface area contributed by atoms with Crippen molar-refractivity contribution in [3.63, 3.8) is 0 Å². The van der Waals surface area contributed by atoms with Crippen LogP contribution in [-0.4, -0.2) is 41.9 Å². The van der Waals surface area contributed by atoms with E-state index in [0.29, 0.717) is 6.42 Å². The van der Waals surface area contributed by atoms with Crippen molar-refractivity contribution in [3.8, 4) is 0 Å². The Morgan fingerprint density at radius 3 is 2.74 bits per heavy atom. The fourth-order valence-corrected chi connectivity index (χ4v) is 4.99. The highest BCUT2D eigenvalue weighted by Gasteiger charge is 2.41. The average Bonchev–Trinajstić information content (AvgIpc) is 2.95. The number of aromatic nitrogens is 1. The number of carboxylic acids is 1. The van der Waals surface area contributed by atoms with E-state index >= 15 is 0 Å². The summed E-state index contributed by atoms with van der Waals surface area (Å²) in [5.74, 6) is -1.75. The molecule has 0 bridgehead atoms. The topological polar surface area (TPSA) is 87.6 Å². The molecule has 2 atom stereocenters. The summed E-state index contributed by atoms with van der Waals surface area (Å²) in [6.07, 6.45) is 2.05. The summed E-state index contributed by atoms with van der Waals surface area (Å²) >= 11 is 1.15. The first-order valence-electron chi connectivity index (χ1n) is 6.04. The number of rotatable bonds is 4. The van der Waals surface area contributed by atoms with Gasteiger partial charge in [0, 0.05) is 13.1 Å². The standard InChI is InChI=1S/C11H16N2O4S2/c1-3-9-12-4-10(18-9)19(16,17)13-5-7(2)8(6-13)11(14)15/h4,7-8H,3,5-6H2,1-2H3,(H,14,15)/t7-,8-/m1/s1. The SMILES string of the molecule is CCc1ncc(S(=O)(=O)N2C[C@@H](C)[C@H](C(=O)O)C2)s1. The van der Waals surface area contributed by atoms with Crippen molar-refractivity contribution < 1.29 is 18.3 Å². The van der Waals surface area contributed by atoms with E-state index in [2.05, 4.69) is 4.98 Å². The summed E-state index contributed by atoms with van der Waals surface area (Å²) in [4.78, 5) is 15.1. The highest BCUT2D eigenvalue weighted by Crippen LogP contribution is 2.30. The molecule has 1 aromatic heterocycles. The predicted molar refractivity (Wildman–Crippen MR) is 70.5 cm³/mol. The van der Waals surface area contributed by atoms with Gasteiger partial charge in [-0.2, -0.15) is 4.31 Å². The van der Waals surface area contributed by atoms with Gasteiger partial charge >= 0.3 is 5.97 Å². The summed E-state index contributed by atoms with van der Waals surface area (Å²) in [6.45, 7) is 3.96. The van der Waals surface area contributed by atoms with Crippen LogP contribution in [0, 0.1) is 11.8 Å². The first-order valence-corrected chi connectivity index (χ1v) is 8.29. The second-order valence-electron chi connectivity index (χ2n) is 4.67. The molecule has 1 aromatic rings. The third kappa shape index (κ3) is 2.65. The van der Waals surface area contributed by atoms with Crippen LogP contribution in [0.1, 0.15) is 18.9 Å². The Bertz CT molecular complexity index is 581. The second-order valence-corrected chi connectivity index (χ2v) is 7.95. The minimum absolute atomic E-state index is 0.0399. The van der Waals surface area contributed by atoms with Crippen molar-refractivity contribution in [1.29, 1.82) is 0 Å². The van der Waals surface area contributed by atoms with Crippen LogP contribution in [0.4, 0.5) is 0 Å². The molecule has 0 radical (unpaired) electrons. The minimum atomic E-state index is -3.60. The van der Waals surface area contributed by atoms with Gasteiger partial charge in [0.2, 0.25) is 0 Å². The van der Waals surface area contributed by atoms with Crippen LogP contribution in [0.5, 0.6) is 0 Å².